The summed E-state index contributed by atoms with van der Waals surface area (Å²) in [6.07, 6.45) is 1.35. The molecule has 4 heteroatoms. The number of benzene rings is 1. The molecule has 1 aromatic heterocycles. The van der Waals surface area contributed by atoms with Crippen molar-refractivity contribution in [3.8, 4) is 0 Å². The number of fused-ring (bicyclic) bond motifs is 2. The Morgan fingerprint density at radius 2 is 2.00 bits per heavy atom. The average Bonchev–Trinajstić information content (AvgIpc) is 2.81. The molecule has 0 amide bonds. The van der Waals surface area contributed by atoms with Gasteiger partial charge in [0.25, 0.3) is 5.56 Å². The molecule has 2 heterocycles. The van der Waals surface area contributed by atoms with Gasteiger partial charge in [0.05, 0.1) is 0 Å². The van der Waals surface area contributed by atoms with Gasteiger partial charge in [-0.1, -0.05) is 18.2 Å². The SMILES string of the molecule is CC(C)(C)OC(=O)[C@@H]1CCc2cc3ccccc3c(=O)n21. The lowest BCUT2D eigenvalue weighted by molar-refractivity contribution is -0.158. The van der Waals surface area contributed by atoms with E-state index in [2.05, 4.69) is 0 Å². The third kappa shape index (κ3) is 2.46. The van der Waals surface area contributed by atoms with Crippen molar-refractivity contribution >= 4 is 16.7 Å². The lowest BCUT2D eigenvalue weighted by Gasteiger charge is -2.23. The second-order valence-corrected chi connectivity index (χ2v) is 6.49. The summed E-state index contributed by atoms with van der Waals surface area (Å²) in [4.78, 5) is 25.0. The lowest BCUT2D eigenvalue weighted by atomic mass is 10.1. The molecule has 2 aromatic rings. The molecule has 1 aromatic carbocycles. The fourth-order valence-electron chi connectivity index (χ4n) is 2.87. The fourth-order valence-corrected chi connectivity index (χ4v) is 2.87. The van der Waals surface area contributed by atoms with Crippen LogP contribution in [0, 0.1) is 0 Å². The zero-order valence-electron chi connectivity index (χ0n) is 12.6. The molecule has 0 saturated carbocycles. The van der Waals surface area contributed by atoms with E-state index >= 15 is 0 Å². The normalized spacial score (nSPS) is 17.8. The van der Waals surface area contributed by atoms with Crippen LogP contribution in [0.2, 0.25) is 0 Å². The molecule has 21 heavy (non-hydrogen) atoms. The molecule has 1 atom stereocenters. The molecule has 1 aliphatic heterocycles. The minimum atomic E-state index is -0.541. The number of aromatic nitrogens is 1. The number of aryl methyl sites for hydroxylation is 1. The maximum atomic E-state index is 12.7. The van der Waals surface area contributed by atoms with Crippen LogP contribution in [0.5, 0.6) is 0 Å². The van der Waals surface area contributed by atoms with E-state index in [4.69, 9.17) is 4.74 Å². The van der Waals surface area contributed by atoms with Gasteiger partial charge in [-0.05, 0) is 51.1 Å². The highest BCUT2D eigenvalue weighted by molar-refractivity contribution is 5.83. The number of carbonyl (C=O) groups excluding carboxylic acids is 1. The molecule has 0 unspecified atom stereocenters. The van der Waals surface area contributed by atoms with Crippen LogP contribution in [0.1, 0.15) is 38.9 Å². The predicted octanol–water partition coefficient (Wildman–Crippen LogP) is 2.83. The Morgan fingerprint density at radius 3 is 2.71 bits per heavy atom. The Kier molecular flexibility index (Phi) is 3.12. The summed E-state index contributed by atoms with van der Waals surface area (Å²) in [6, 6.07) is 8.98. The molecule has 0 saturated heterocycles. The first-order chi connectivity index (χ1) is 9.87. The van der Waals surface area contributed by atoms with E-state index in [1.807, 2.05) is 45.0 Å². The molecular weight excluding hydrogens is 266 g/mol. The molecule has 110 valence electrons. The summed E-state index contributed by atoms with van der Waals surface area (Å²) >= 11 is 0. The zero-order valence-corrected chi connectivity index (χ0v) is 12.6. The average molecular weight is 285 g/mol. The summed E-state index contributed by atoms with van der Waals surface area (Å²) < 4.78 is 7.05. The quantitative estimate of drug-likeness (QED) is 0.757. The predicted molar refractivity (Wildman–Crippen MR) is 81.4 cm³/mol. The van der Waals surface area contributed by atoms with Crippen molar-refractivity contribution in [2.45, 2.75) is 45.3 Å². The molecular formula is C17H19NO3. The number of hydrogen-bond acceptors (Lipinski definition) is 3. The van der Waals surface area contributed by atoms with Crippen LogP contribution in [-0.4, -0.2) is 16.1 Å². The van der Waals surface area contributed by atoms with Crippen molar-refractivity contribution in [1.29, 1.82) is 0 Å². The van der Waals surface area contributed by atoms with E-state index in [1.54, 1.807) is 10.6 Å². The van der Waals surface area contributed by atoms with Gasteiger partial charge in [0.15, 0.2) is 0 Å². The van der Waals surface area contributed by atoms with Crippen LogP contribution in [0.25, 0.3) is 10.8 Å². The van der Waals surface area contributed by atoms with Crippen LogP contribution in [-0.2, 0) is 16.0 Å². The number of rotatable bonds is 1. The van der Waals surface area contributed by atoms with Crippen LogP contribution >= 0.6 is 0 Å². The molecule has 0 spiro atoms. The van der Waals surface area contributed by atoms with Crippen molar-refractivity contribution in [3.05, 3.63) is 46.4 Å². The fraction of sp³-hybridized carbons (Fsp3) is 0.412. The zero-order chi connectivity index (χ0) is 15.2. The summed E-state index contributed by atoms with van der Waals surface area (Å²) in [5.74, 6) is -0.321. The van der Waals surface area contributed by atoms with E-state index < -0.39 is 11.6 Å². The van der Waals surface area contributed by atoms with Gasteiger partial charge in [-0.3, -0.25) is 9.36 Å². The molecule has 0 radical (unpaired) electrons. The maximum absolute atomic E-state index is 12.7. The molecule has 1 aliphatic rings. The Balaban J connectivity index is 2.08. The first-order valence-electron chi connectivity index (χ1n) is 7.23. The van der Waals surface area contributed by atoms with Gasteiger partial charge in [-0.2, -0.15) is 0 Å². The highest BCUT2D eigenvalue weighted by Crippen LogP contribution is 2.28. The topological polar surface area (TPSA) is 48.3 Å². The van der Waals surface area contributed by atoms with Crippen molar-refractivity contribution in [3.63, 3.8) is 0 Å². The van der Waals surface area contributed by atoms with Gasteiger partial charge in [-0.25, -0.2) is 4.79 Å². The molecule has 0 bridgehead atoms. The third-order valence-electron chi connectivity index (χ3n) is 3.71. The lowest BCUT2D eigenvalue weighted by Crippen LogP contribution is -2.33. The standard InChI is InChI=1S/C17H19NO3/c1-17(2,3)21-16(20)14-9-8-12-10-11-6-4-5-7-13(11)15(19)18(12)14/h4-7,10,14H,8-9H2,1-3H3/t14-/m0/s1. The van der Waals surface area contributed by atoms with Crippen molar-refractivity contribution in [2.75, 3.05) is 0 Å². The number of ether oxygens (including phenoxy) is 1. The molecule has 0 fully saturated rings. The van der Waals surface area contributed by atoms with E-state index in [0.717, 1.165) is 17.5 Å². The van der Waals surface area contributed by atoms with Crippen LogP contribution in [0.15, 0.2) is 35.1 Å². The minimum absolute atomic E-state index is 0.101. The summed E-state index contributed by atoms with van der Waals surface area (Å²) in [7, 11) is 0. The van der Waals surface area contributed by atoms with Crippen molar-refractivity contribution < 1.29 is 9.53 Å². The second-order valence-electron chi connectivity index (χ2n) is 6.49. The van der Waals surface area contributed by atoms with Crippen LogP contribution in [0.4, 0.5) is 0 Å². The van der Waals surface area contributed by atoms with Crippen molar-refractivity contribution in [1.82, 2.24) is 4.57 Å². The first kappa shape index (κ1) is 13.9. The van der Waals surface area contributed by atoms with E-state index in [-0.39, 0.29) is 11.5 Å². The Labute approximate surface area is 123 Å². The van der Waals surface area contributed by atoms with E-state index in [9.17, 15) is 9.59 Å². The number of nitrogens with zero attached hydrogens (tertiary/aromatic N) is 1. The van der Waals surface area contributed by atoms with Crippen LogP contribution < -0.4 is 5.56 Å². The number of esters is 1. The van der Waals surface area contributed by atoms with Gasteiger partial charge in [0, 0.05) is 11.1 Å². The molecule has 0 N–H and O–H groups in total. The first-order valence-corrected chi connectivity index (χ1v) is 7.23. The Hall–Kier alpha value is -2.10. The summed E-state index contributed by atoms with van der Waals surface area (Å²) in [5.41, 5.74) is 0.270. The Bertz CT molecular complexity index is 768. The summed E-state index contributed by atoms with van der Waals surface area (Å²) in [6.45, 7) is 5.51. The minimum Gasteiger partial charge on any atom is -0.458 e. The second kappa shape index (κ2) is 4.72. The number of hydrogen-bond donors (Lipinski definition) is 0. The highest BCUT2D eigenvalue weighted by atomic mass is 16.6. The monoisotopic (exact) mass is 285 g/mol. The maximum Gasteiger partial charge on any atom is 0.329 e. The van der Waals surface area contributed by atoms with E-state index in [1.165, 1.54) is 0 Å². The number of carbonyl (C=O) groups is 1. The van der Waals surface area contributed by atoms with Crippen molar-refractivity contribution in [2.24, 2.45) is 0 Å². The van der Waals surface area contributed by atoms with E-state index in [0.29, 0.717) is 11.8 Å². The smallest absolute Gasteiger partial charge is 0.329 e. The highest BCUT2D eigenvalue weighted by Gasteiger charge is 2.33. The van der Waals surface area contributed by atoms with Gasteiger partial charge in [0.2, 0.25) is 0 Å². The largest absolute Gasteiger partial charge is 0.458 e. The number of pyridine rings is 1. The molecule has 3 rings (SSSR count). The molecule has 4 nitrogen and oxygen atoms in total. The summed E-state index contributed by atoms with van der Waals surface area (Å²) in [5, 5.41) is 1.58. The van der Waals surface area contributed by atoms with Crippen LogP contribution in [0.3, 0.4) is 0 Å². The third-order valence-corrected chi connectivity index (χ3v) is 3.71. The van der Waals surface area contributed by atoms with Gasteiger partial charge >= 0.3 is 5.97 Å². The Morgan fingerprint density at radius 1 is 1.29 bits per heavy atom. The molecule has 0 aliphatic carbocycles. The van der Waals surface area contributed by atoms with Gasteiger partial charge < -0.3 is 4.74 Å². The van der Waals surface area contributed by atoms with Gasteiger partial charge in [0.1, 0.15) is 11.6 Å². The van der Waals surface area contributed by atoms with Gasteiger partial charge in [-0.15, -0.1) is 0 Å².